The fraction of sp³-hybridized carbons (Fsp3) is 0.500. The minimum absolute atomic E-state index is 0.0208. The third-order valence-corrected chi connectivity index (χ3v) is 4.44. The molecule has 1 fully saturated rings. The summed E-state index contributed by atoms with van der Waals surface area (Å²) in [7, 11) is 1.57. The second-order valence-electron chi connectivity index (χ2n) is 3.00. The zero-order valence-electron chi connectivity index (χ0n) is 7.97. The van der Waals surface area contributed by atoms with E-state index < -0.39 is 12.0 Å². The van der Waals surface area contributed by atoms with Crippen LogP contribution in [0.3, 0.4) is 0 Å². The number of carboxylic acid groups (broad SMARTS) is 1. The molecule has 0 aromatic carbocycles. The molecule has 0 radical (unpaired) electrons. The van der Waals surface area contributed by atoms with E-state index in [-0.39, 0.29) is 5.37 Å². The van der Waals surface area contributed by atoms with Crippen molar-refractivity contribution in [1.82, 2.24) is 10.3 Å². The van der Waals surface area contributed by atoms with Crippen LogP contribution in [-0.2, 0) is 4.79 Å². The molecule has 2 rings (SSSR count). The number of aliphatic carboxylic acids is 1. The van der Waals surface area contributed by atoms with Gasteiger partial charge in [-0.3, -0.25) is 10.1 Å². The van der Waals surface area contributed by atoms with E-state index in [4.69, 9.17) is 9.84 Å². The van der Waals surface area contributed by atoms with Gasteiger partial charge in [-0.05, 0) is 0 Å². The van der Waals surface area contributed by atoms with Gasteiger partial charge in [-0.25, -0.2) is 4.98 Å². The Balaban J connectivity index is 2.04. The molecule has 0 amide bonds. The summed E-state index contributed by atoms with van der Waals surface area (Å²) in [6.07, 6.45) is 1.72. The molecule has 1 saturated heterocycles. The highest BCUT2D eigenvalue weighted by molar-refractivity contribution is 7.99. The molecule has 15 heavy (non-hydrogen) atoms. The number of thioether (sulfide) groups is 1. The summed E-state index contributed by atoms with van der Waals surface area (Å²) >= 11 is 3.01. The minimum atomic E-state index is -0.804. The fourth-order valence-electron chi connectivity index (χ4n) is 1.26. The van der Waals surface area contributed by atoms with Crippen LogP contribution in [-0.4, -0.2) is 35.0 Å². The first-order valence-electron chi connectivity index (χ1n) is 4.31. The van der Waals surface area contributed by atoms with Crippen LogP contribution in [0, 0.1) is 0 Å². The molecule has 0 saturated carbocycles. The second-order valence-corrected chi connectivity index (χ2v) is 5.17. The Hall–Kier alpha value is -0.790. The summed E-state index contributed by atoms with van der Waals surface area (Å²) in [4.78, 5) is 15.8. The zero-order valence-corrected chi connectivity index (χ0v) is 9.60. The van der Waals surface area contributed by atoms with Crippen molar-refractivity contribution in [1.29, 1.82) is 0 Å². The highest BCUT2D eigenvalue weighted by Crippen LogP contribution is 2.37. The van der Waals surface area contributed by atoms with Crippen LogP contribution < -0.4 is 10.1 Å². The number of rotatable bonds is 3. The van der Waals surface area contributed by atoms with Crippen molar-refractivity contribution in [3.63, 3.8) is 0 Å². The van der Waals surface area contributed by atoms with Crippen LogP contribution in [0.1, 0.15) is 10.3 Å². The molecule has 7 heteroatoms. The number of nitrogens with zero attached hydrogens (tertiary/aromatic N) is 1. The SMILES string of the molecule is COc1ncc(C2N[C@H](C(=O)O)CS2)s1. The van der Waals surface area contributed by atoms with E-state index in [1.807, 2.05) is 0 Å². The van der Waals surface area contributed by atoms with Crippen molar-refractivity contribution in [2.45, 2.75) is 11.4 Å². The average molecular weight is 246 g/mol. The Morgan fingerprint density at radius 2 is 2.60 bits per heavy atom. The van der Waals surface area contributed by atoms with E-state index in [1.54, 1.807) is 25.1 Å². The van der Waals surface area contributed by atoms with Gasteiger partial charge in [0.05, 0.1) is 17.4 Å². The number of aromatic nitrogens is 1. The Morgan fingerprint density at radius 1 is 1.80 bits per heavy atom. The smallest absolute Gasteiger partial charge is 0.321 e. The molecule has 1 aliphatic rings. The van der Waals surface area contributed by atoms with Gasteiger partial charge in [-0.15, -0.1) is 11.8 Å². The van der Waals surface area contributed by atoms with Crippen LogP contribution in [0.25, 0.3) is 0 Å². The summed E-state index contributed by atoms with van der Waals surface area (Å²) in [6, 6.07) is -0.465. The largest absolute Gasteiger partial charge is 0.480 e. The van der Waals surface area contributed by atoms with Crippen molar-refractivity contribution >= 4 is 29.1 Å². The lowest BCUT2D eigenvalue weighted by atomic mass is 10.3. The molecule has 1 aromatic heterocycles. The summed E-state index contributed by atoms with van der Waals surface area (Å²) in [6.45, 7) is 0. The fourth-order valence-corrected chi connectivity index (χ4v) is 3.39. The van der Waals surface area contributed by atoms with Crippen LogP contribution in [0.15, 0.2) is 6.20 Å². The Morgan fingerprint density at radius 3 is 3.13 bits per heavy atom. The first-order chi connectivity index (χ1) is 7.20. The standard InChI is InChI=1S/C8H10N2O3S2/c1-13-8-9-2-5(15-8)6-10-4(3-14-6)7(11)12/h2,4,6,10H,3H2,1H3,(H,11,12)/t4-,6?/m0/s1. The van der Waals surface area contributed by atoms with Crippen molar-refractivity contribution < 1.29 is 14.6 Å². The molecule has 82 valence electrons. The molecule has 0 spiro atoms. The van der Waals surface area contributed by atoms with Crippen molar-refractivity contribution in [3.8, 4) is 5.19 Å². The molecule has 2 atom stereocenters. The summed E-state index contributed by atoms with van der Waals surface area (Å²) in [5.41, 5.74) is 0. The number of thiazole rings is 1. The number of nitrogens with one attached hydrogen (secondary N) is 1. The number of carboxylic acids is 1. The monoisotopic (exact) mass is 246 g/mol. The number of ether oxygens (including phenoxy) is 1. The van der Waals surface area contributed by atoms with Crippen LogP contribution in [0.5, 0.6) is 5.19 Å². The third kappa shape index (κ3) is 2.24. The van der Waals surface area contributed by atoms with E-state index in [0.29, 0.717) is 10.9 Å². The molecule has 0 aliphatic carbocycles. The Kier molecular flexibility index (Phi) is 3.13. The maximum absolute atomic E-state index is 10.7. The van der Waals surface area contributed by atoms with Gasteiger partial charge < -0.3 is 9.84 Å². The molecular weight excluding hydrogens is 236 g/mol. The average Bonchev–Trinajstić information content (AvgIpc) is 2.86. The highest BCUT2D eigenvalue weighted by Gasteiger charge is 2.31. The van der Waals surface area contributed by atoms with E-state index >= 15 is 0 Å². The van der Waals surface area contributed by atoms with Crippen molar-refractivity contribution in [2.24, 2.45) is 0 Å². The summed E-state index contributed by atoms with van der Waals surface area (Å²) in [5.74, 6) is -0.221. The maximum atomic E-state index is 10.7. The summed E-state index contributed by atoms with van der Waals surface area (Å²) < 4.78 is 4.98. The molecular formula is C8H10N2O3S2. The third-order valence-electron chi connectivity index (χ3n) is 2.02. The van der Waals surface area contributed by atoms with Gasteiger partial charge in [-0.1, -0.05) is 11.3 Å². The molecule has 1 unspecified atom stereocenters. The van der Waals surface area contributed by atoms with Gasteiger partial charge in [-0.2, -0.15) is 0 Å². The van der Waals surface area contributed by atoms with E-state index in [2.05, 4.69) is 10.3 Å². The first-order valence-corrected chi connectivity index (χ1v) is 6.17. The van der Waals surface area contributed by atoms with Crippen molar-refractivity contribution in [2.75, 3.05) is 12.9 Å². The van der Waals surface area contributed by atoms with Gasteiger partial charge in [0.25, 0.3) is 5.19 Å². The number of hydrogen-bond donors (Lipinski definition) is 2. The van der Waals surface area contributed by atoms with Gasteiger partial charge in [0.1, 0.15) is 6.04 Å². The summed E-state index contributed by atoms with van der Waals surface area (Å²) in [5, 5.41) is 12.5. The van der Waals surface area contributed by atoms with Gasteiger partial charge >= 0.3 is 5.97 Å². The number of methoxy groups -OCH3 is 1. The van der Waals surface area contributed by atoms with Gasteiger partial charge in [0, 0.05) is 11.9 Å². The Bertz CT molecular complexity index is 369. The lowest BCUT2D eigenvalue weighted by Crippen LogP contribution is -2.33. The Labute approximate surface area is 94.9 Å². The van der Waals surface area contributed by atoms with E-state index in [9.17, 15) is 4.79 Å². The second kappa shape index (κ2) is 4.38. The highest BCUT2D eigenvalue weighted by atomic mass is 32.2. The first kappa shape index (κ1) is 10.7. The molecule has 2 N–H and O–H groups in total. The molecule has 1 aromatic rings. The molecule has 2 heterocycles. The molecule has 0 bridgehead atoms. The lowest BCUT2D eigenvalue weighted by molar-refractivity contribution is -0.138. The molecule has 5 nitrogen and oxygen atoms in total. The normalized spacial score (nSPS) is 25.4. The predicted octanol–water partition coefficient (Wildman–Crippen LogP) is 0.940. The topological polar surface area (TPSA) is 71.5 Å². The molecule has 1 aliphatic heterocycles. The number of hydrogen-bond acceptors (Lipinski definition) is 6. The minimum Gasteiger partial charge on any atom is -0.480 e. The van der Waals surface area contributed by atoms with E-state index in [1.165, 1.54) is 11.3 Å². The van der Waals surface area contributed by atoms with Crippen molar-refractivity contribution in [3.05, 3.63) is 11.1 Å². The van der Waals surface area contributed by atoms with Crippen LogP contribution >= 0.6 is 23.1 Å². The predicted molar refractivity (Wildman–Crippen MR) is 58.4 cm³/mol. The zero-order chi connectivity index (χ0) is 10.8. The lowest BCUT2D eigenvalue weighted by Gasteiger charge is -2.07. The van der Waals surface area contributed by atoms with Gasteiger partial charge in [0.2, 0.25) is 0 Å². The van der Waals surface area contributed by atoms with Gasteiger partial charge in [0.15, 0.2) is 0 Å². The van der Waals surface area contributed by atoms with E-state index in [0.717, 1.165) is 4.88 Å². The quantitative estimate of drug-likeness (QED) is 0.827. The number of carbonyl (C=O) groups is 1. The van der Waals surface area contributed by atoms with Crippen LogP contribution in [0.2, 0.25) is 0 Å². The maximum Gasteiger partial charge on any atom is 0.321 e. The van der Waals surface area contributed by atoms with Crippen LogP contribution in [0.4, 0.5) is 0 Å².